The third-order valence-electron chi connectivity index (χ3n) is 2.04. The monoisotopic (exact) mass is 225 g/mol. The second-order valence-corrected chi connectivity index (χ2v) is 4.86. The van der Waals surface area contributed by atoms with E-state index in [0.717, 1.165) is 15.6 Å². The van der Waals surface area contributed by atoms with E-state index in [4.69, 9.17) is 10.5 Å². The molecule has 14 heavy (non-hydrogen) atoms. The van der Waals surface area contributed by atoms with E-state index in [1.807, 2.05) is 18.4 Å². The molecule has 0 spiro atoms. The molecule has 0 saturated carbocycles. The molecular formula is C10H11NOS2. The van der Waals surface area contributed by atoms with E-state index in [1.54, 1.807) is 30.2 Å². The van der Waals surface area contributed by atoms with Gasteiger partial charge in [-0.2, -0.15) is 0 Å². The van der Waals surface area contributed by atoms with Crippen molar-refractivity contribution in [2.24, 2.45) is 0 Å². The van der Waals surface area contributed by atoms with Crippen molar-refractivity contribution in [2.45, 2.75) is 4.90 Å². The first-order valence-electron chi connectivity index (χ1n) is 4.15. The maximum Gasteiger partial charge on any atom is 0.133 e. The summed E-state index contributed by atoms with van der Waals surface area (Å²) in [6, 6.07) is 6.16. The number of thioether (sulfide) groups is 1. The van der Waals surface area contributed by atoms with E-state index in [0.29, 0.717) is 0 Å². The van der Waals surface area contributed by atoms with Crippen LogP contribution in [-0.2, 0) is 0 Å². The molecule has 1 aromatic carbocycles. The summed E-state index contributed by atoms with van der Waals surface area (Å²) < 4.78 is 6.48. The molecule has 0 saturated heterocycles. The Labute approximate surface area is 91.1 Å². The van der Waals surface area contributed by atoms with Gasteiger partial charge in [0.2, 0.25) is 0 Å². The zero-order valence-electron chi connectivity index (χ0n) is 8.03. The highest BCUT2D eigenvalue weighted by Crippen LogP contribution is 2.36. The van der Waals surface area contributed by atoms with Gasteiger partial charge < -0.3 is 10.5 Å². The molecule has 0 atom stereocenters. The molecule has 0 amide bonds. The molecule has 0 aliphatic heterocycles. The minimum atomic E-state index is 0.848. The van der Waals surface area contributed by atoms with Crippen LogP contribution < -0.4 is 10.5 Å². The second kappa shape index (κ2) is 3.71. The van der Waals surface area contributed by atoms with Gasteiger partial charge in [0.1, 0.15) is 5.75 Å². The van der Waals surface area contributed by atoms with Crippen LogP contribution in [0.25, 0.3) is 10.1 Å². The lowest BCUT2D eigenvalue weighted by Crippen LogP contribution is -1.84. The Kier molecular flexibility index (Phi) is 2.56. The summed E-state index contributed by atoms with van der Waals surface area (Å²) in [7, 11) is 1.69. The Balaban J connectivity index is 2.68. The standard InChI is InChI=1S/C10H11NOS2/c1-12-7-5-8-6(3-9(7)13-2)4-10(11)14-8/h3-5H,11H2,1-2H3. The van der Waals surface area contributed by atoms with Crippen molar-refractivity contribution < 1.29 is 4.74 Å². The Bertz CT molecular complexity index is 423. The molecule has 0 aliphatic carbocycles. The molecule has 2 aromatic rings. The van der Waals surface area contributed by atoms with Crippen molar-refractivity contribution in [2.75, 3.05) is 19.1 Å². The quantitative estimate of drug-likeness (QED) is 0.797. The summed E-state index contributed by atoms with van der Waals surface area (Å²) >= 11 is 3.27. The fraction of sp³-hybridized carbons (Fsp3) is 0.200. The van der Waals surface area contributed by atoms with Crippen LogP contribution in [-0.4, -0.2) is 13.4 Å². The number of thiophene rings is 1. The summed E-state index contributed by atoms with van der Waals surface area (Å²) in [6.45, 7) is 0. The highest BCUT2D eigenvalue weighted by molar-refractivity contribution is 7.98. The van der Waals surface area contributed by atoms with Crippen LogP contribution in [0.4, 0.5) is 5.00 Å². The first-order valence-corrected chi connectivity index (χ1v) is 6.19. The molecule has 0 bridgehead atoms. The molecule has 1 heterocycles. The third kappa shape index (κ3) is 1.55. The Hall–Kier alpha value is -0.870. The molecule has 0 fully saturated rings. The summed E-state index contributed by atoms with van der Waals surface area (Å²) in [5, 5.41) is 2.04. The number of rotatable bonds is 2. The number of nitrogens with two attached hydrogens (primary N) is 1. The minimum absolute atomic E-state index is 0.848. The lowest BCUT2D eigenvalue weighted by atomic mass is 10.2. The number of nitrogen functional groups attached to an aromatic ring is 1. The Morgan fingerprint density at radius 2 is 2.14 bits per heavy atom. The normalized spacial score (nSPS) is 10.7. The van der Waals surface area contributed by atoms with Gasteiger partial charge in [-0.25, -0.2) is 0 Å². The van der Waals surface area contributed by atoms with Crippen molar-refractivity contribution in [3.63, 3.8) is 0 Å². The van der Waals surface area contributed by atoms with Gasteiger partial charge in [-0.3, -0.25) is 0 Å². The highest BCUT2D eigenvalue weighted by atomic mass is 32.2. The fourth-order valence-corrected chi connectivity index (χ4v) is 2.82. The van der Waals surface area contributed by atoms with E-state index in [-0.39, 0.29) is 0 Å². The van der Waals surface area contributed by atoms with Gasteiger partial charge in [0.15, 0.2) is 0 Å². The number of benzene rings is 1. The summed E-state index contributed by atoms with van der Waals surface area (Å²) in [4.78, 5) is 1.15. The van der Waals surface area contributed by atoms with Crippen LogP contribution in [0, 0.1) is 0 Å². The van der Waals surface area contributed by atoms with Gasteiger partial charge in [0.05, 0.1) is 12.1 Å². The maximum atomic E-state index is 5.74. The van der Waals surface area contributed by atoms with E-state index in [9.17, 15) is 0 Å². The van der Waals surface area contributed by atoms with Gasteiger partial charge in [0, 0.05) is 9.60 Å². The molecule has 2 N–H and O–H groups in total. The minimum Gasteiger partial charge on any atom is -0.496 e. The predicted molar refractivity (Wildman–Crippen MR) is 64.6 cm³/mol. The van der Waals surface area contributed by atoms with Crippen molar-refractivity contribution >= 4 is 38.2 Å². The van der Waals surface area contributed by atoms with Crippen molar-refractivity contribution in [3.05, 3.63) is 18.2 Å². The molecule has 0 unspecified atom stereocenters. The topological polar surface area (TPSA) is 35.2 Å². The zero-order valence-corrected chi connectivity index (χ0v) is 9.67. The second-order valence-electron chi connectivity index (χ2n) is 2.89. The predicted octanol–water partition coefficient (Wildman–Crippen LogP) is 3.21. The first-order chi connectivity index (χ1) is 6.74. The molecule has 2 nitrogen and oxygen atoms in total. The number of hydrogen-bond acceptors (Lipinski definition) is 4. The molecule has 2 rings (SSSR count). The maximum absolute atomic E-state index is 5.74. The van der Waals surface area contributed by atoms with Crippen molar-refractivity contribution in [1.82, 2.24) is 0 Å². The smallest absolute Gasteiger partial charge is 0.133 e. The third-order valence-corrected chi connectivity index (χ3v) is 3.73. The van der Waals surface area contributed by atoms with Gasteiger partial charge in [0.25, 0.3) is 0 Å². The van der Waals surface area contributed by atoms with Gasteiger partial charge >= 0.3 is 0 Å². The summed E-state index contributed by atoms with van der Waals surface area (Å²) in [5.74, 6) is 0.923. The number of hydrogen-bond donors (Lipinski definition) is 1. The number of fused-ring (bicyclic) bond motifs is 1. The van der Waals surface area contributed by atoms with Crippen LogP contribution >= 0.6 is 23.1 Å². The van der Waals surface area contributed by atoms with Crippen LogP contribution in [0.2, 0.25) is 0 Å². The van der Waals surface area contributed by atoms with Crippen LogP contribution in [0.15, 0.2) is 23.1 Å². The van der Waals surface area contributed by atoms with Crippen LogP contribution in [0.1, 0.15) is 0 Å². The van der Waals surface area contributed by atoms with Gasteiger partial charge in [-0.05, 0) is 29.8 Å². The van der Waals surface area contributed by atoms with E-state index in [1.165, 1.54) is 10.1 Å². The molecule has 1 aromatic heterocycles. The summed E-state index contributed by atoms with van der Waals surface area (Å²) in [6.07, 6.45) is 2.04. The summed E-state index contributed by atoms with van der Waals surface area (Å²) in [5.41, 5.74) is 5.74. The fourth-order valence-electron chi connectivity index (χ4n) is 1.39. The SMILES string of the molecule is COc1cc2sc(N)cc2cc1SC. The van der Waals surface area contributed by atoms with Crippen LogP contribution in [0.3, 0.4) is 0 Å². The number of anilines is 1. The molecule has 0 radical (unpaired) electrons. The number of methoxy groups -OCH3 is 1. The highest BCUT2D eigenvalue weighted by Gasteiger charge is 2.06. The van der Waals surface area contributed by atoms with E-state index < -0.39 is 0 Å². The molecular weight excluding hydrogens is 214 g/mol. The largest absolute Gasteiger partial charge is 0.496 e. The lowest BCUT2D eigenvalue weighted by Gasteiger charge is -2.05. The van der Waals surface area contributed by atoms with Crippen molar-refractivity contribution in [3.8, 4) is 5.75 Å². The number of ether oxygens (including phenoxy) is 1. The average molecular weight is 225 g/mol. The lowest BCUT2D eigenvalue weighted by molar-refractivity contribution is 0.405. The zero-order chi connectivity index (χ0) is 10.1. The van der Waals surface area contributed by atoms with Gasteiger partial charge in [-0.15, -0.1) is 23.1 Å². The molecule has 74 valence electrons. The Morgan fingerprint density at radius 1 is 1.36 bits per heavy atom. The first kappa shape index (κ1) is 9.68. The van der Waals surface area contributed by atoms with Crippen LogP contribution in [0.5, 0.6) is 5.75 Å². The van der Waals surface area contributed by atoms with E-state index in [2.05, 4.69) is 6.07 Å². The molecule has 4 heteroatoms. The van der Waals surface area contributed by atoms with Gasteiger partial charge in [-0.1, -0.05) is 0 Å². The molecule has 0 aliphatic rings. The van der Waals surface area contributed by atoms with E-state index >= 15 is 0 Å². The Morgan fingerprint density at radius 3 is 2.79 bits per heavy atom. The van der Waals surface area contributed by atoms with Crippen molar-refractivity contribution in [1.29, 1.82) is 0 Å². The average Bonchev–Trinajstić information content (AvgIpc) is 2.54.